The van der Waals surface area contributed by atoms with E-state index in [4.69, 9.17) is 5.14 Å². The molecule has 0 unspecified atom stereocenters. The number of hydrogen-bond donors (Lipinski definition) is 2. The lowest BCUT2D eigenvalue weighted by molar-refractivity contribution is 0.102. The third-order valence-corrected chi connectivity index (χ3v) is 5.77. The van der Waals surface area contributed by atoms with Gasteiger partial charge in [0.25, 0.3) is 5.91 Å². The van der Waals surface area contributed by atoms with Gasteiger partial charge in [-0.05, 0) is 29.8 Å². The quantitative estimate of drug-likeness (QED) is 0.506. The molecule has 2 heterocycles. The van der Waals surface area contributed by atoms with Gasteiger partial charge in [0.1, 0.15) is 10.7 Å². The minimum Gasteiger partial charge on any atom is -0.321 e. The molecule has 8 nitrogen and oxygen atoms in total. The summed E-state index contributed by atoms with van der Waals surface area (Å²) < 4.78 is 23.3. The van der Waals surface area contributed by atoms with E-state index in [0.29, 0.717) is 22.0 Å². The molecule has 2 aromatic carbocycles. The first kappa shape index (κ1) is 19.1. The van der Waals surface area contributed by atoms with Crippen LogP contribution >= 0.6 is 11.3 Å². The monoisotopic (exact) mass is 425 g/mol. The number of primary sulfonamides is 1. The zero-order chi connectivity index (χ0) is 20.4. The molecule has 0 spiro atoms. The second kappa shape index (κ2) is 7.66. The Kier molecular flexibility index (Phi) is 5.05. The van der Waals surface area contributed by atoms with Gasteiger partial charge >= 0.3 is 0 Å². The number of nitrogens with zero attached hydrogens (tertiary/aromatic N) is 3. The number of carbonyl (C=O) groups excluding carboxylic acids is 1. The fraction of sp³-hybridized carbons (Fsp3) is 0.0526. The normalized spacial score (nSPS) is 11.5. The molecule has 1 amide bonds. The van der Waals surface area contributed by atoms with Crippen molar-refractivity contribution in [3.63, 3.8) is 0 Å². The average Bonchev–Trinajstić information content (AvgIpc) is 3.12. The van der Waals surface area contributed by atoms with E-state index in [1.165, 1.54) is 23.7 Å². The van der Waals surface area contributed by atoms with E-state index in [9.17, 15) is 13.2 Å². The predicted molar refractivity (Wildman–Crippen MR) is 112 cm³/mol. The topological polar surface area (TPSA) is 128 Å². The lowest BCUT2D eigenvalue weighted by Gasteiger charge is -2.08. The average molecular weight is 425 g/mol. The zero-order valence-corrected chi connectivity index (χ0v) is 16.6. The maximum absolute atomic E-state index is 12.8. The number of nitrogens with one attached hydrogen (secondary N) is 1. The first-order valence-electron chi connectivity index (χ1n) is 8.47. The molecule has 0 aliphatic heterocycles. The number of para-hydroxylation sites is 1. The number of sulfonamides is 1. The van der Waals surface area contributed by atoms with Crippen molar-refractivity contribution in [3.8, 4) is 10.7 Å². The lowest BCUT2D eigenvalue weighted by Crippen LogP contribution is -2.16. The summed E-state index contributed by atoms with van der Waals surface area (Å²) in [5.74, 6) is -0.709. The Bertz CT molecular complexity index is 1270. The Labute approximate surface area is 170 Å². The maximum Gasteiger partial charge on any atom is 0.276 e. The van der Waals surface area contributed by atoms with E-state index in [2.05, 4.69) is 20.3 Å². The van der Waals surface area contributed by atoms with Crippen LogP contribution in [0.2, 0.25) is 0 Å². The minimum atomic E-state index is -3.61. The van der Waals surface area contributed by atoms with E-state index >= 15 is 0 Å². The van der Waals surface area contributed by atoms with Crippen LogP contribution in [0, 0.1) is 0 Å². The van der Waals surface area contributed by atoms with Crippen molar-refractivity contribution in [1.29, 1.82) is 0 Å². The smallest absolute Gasteiger partial charge is 0.276 e. The molecule has 4 rings (SSSR count). The number of thiazole rings is 1. The molecule has 0 atom stereocenters. The van der Waals surface area contributed by atoms with Gasteiger partial charge in [-0.2, -0.15) is 0 Å². The number of anilines is 1. The number of amides is 1. The van der Waals surface area contributed by atoms with Crippen LogP contribution < -0.4 is 10.5 Å². The van der Waals surface area contributed by atoms with Crippen molar-refractivity contribution in [2.24, 2.45) is 5.14 Å². The molecule has 0 bridgehead atoms. The van der Waals surface area contributed by atoms with Crippen LogP contribution in [0.1, 0.15) is 16.1 Å². The van der Waals surface area contributed by atoms with Gasteiger partial charge in [0.05, 0.1) is 16.0 Å². The molecule has 0 saturated carbocycles. The van der Waals surface area contributed by atoms with Crippen LogP contribution in [0.15, 0.2) is 60.9 Å². The van der Waals surface area contributed by atoms with Crippen LogP contribution in [0.4, 0.5) is 5.69 Å². The molecule has 0 aliphatic carbocycles. The molecule has 29 heavy (non-hydrogen) atoms. The standard InChI is InChI=1S/C19H15N5O3S2/c20-29(26,27)11-12-5-7-13(8-6-12)23-18(25)16-17(22-10-9-21-16)19-24-14-3-1-2-4-15(14)28-19/h1-10H,11H2,(H,23,25)(H2,20,26,27). The Morgan fingerprint density at radius 1 is 1.03 bits per heavy atom. The summed E-state index contributed by atoms with van der Waals surface area (Å²) in [6.45, 7) is 0. The van der Waals surface area contributed by atoms with E-state index in [1.807, 2.05) is 24.3 Å². The molecule has 0 aliphatic rings. The number of aromatic nitrogens is 3. The van der Waals surface area contributed by atoms with Crippen molar-refractivity contribution in [1.82, 2.24) is 15.0 Å². The van der Waals surface area contributed by atoms with Crippen molar-refractivity contribution >= 4 is 43.2 Å². The number of carbonyl (C=O) groups is 1. The summed E-state index contributed by atoms with van der Waals surface area (Å²) in [6, 6.07) is 14.1. The Morgan fingerprint density at radius 2 is 1.76 bits per heavy atom. The van der Waals surface area contributed by atoms with Crippen molar-refractivity contribution in [2.45, 2.75) is 5.75 Å². The zero-order valence-electron chi connectivity index (χ0n) is 14.9. The van der Waals surface area contributed by atoms with Gasteiger partial charge in [-0.1, -0.05) is 24.3 Å². The largest absolute Gasteiger partial charge is 0.321 e. The third-order valence-electron chi connectivity index (χ3n) is 3.99. The second-order valence-corrected chi connectivity index (χ2v) is 8.84. The Hall–Kier alpha value is -3.21. The van der Waals surface area contributed by atoms with Crippen molar-refractivity contribution in [3.05, 3.63) is 72.2 Å². The number of fused-ring (bicyclic) bond motifs is 1. The summed E-state index contributed by atoms with van der Waals surface area (Å²) in [5.41, 5.74) is 2.40. The van der Waals surface area contributed by atoms with Gasteiger partial charge in [0.2, 0.25) is 10.0 Å². The van der Waals surface area contributed by atoms with Gasteiger partial charge in [-0.15, -0.1) is 11.3 Å². The third kappa shape index (κ3) is 4.45. The van der Waals surface area contributed by atoms with Crippen molar-refractivity contribution in [2.75, 3.05) is 5.32 Å². The Balaban J connectivity index is 1.60. The SMILES string of the molecule is NS(=O)(=O)Cc1ccc(NC(=O)c2nccnc2-c2nc3ccccc3s2)cc1. The molecular weight excluding hydrogens is 410 g/mol. The first-order valence-corrected chi connectivity index (χ1v) is 11.0. The first-order chi connectivity index (χ1) is 13.9. The maximum atomic E-state index is 12.8. The predicted octanol–water partition coefficient (Wildman–Crippen LogP) is 2.79. The van der Waals surface area contributed by atoms with Crippen LogP contribution in [-0.4, -0.2) is 29.3 Å². The van der Waals surface area contributed by atoms with E-state index < -0.39 is 15.9 Å². The number of benzene rings is 2. The van der Waals surface area contributed by atoms with E-state index in [1.54, 1.807) is 24.3 Å². The van der Waals surface area contributed by atoms with Gasteiger partial charge in [0, 0.05) is 18.1 Å². The van der Waals surface area contributed by atoms with Gasteiger partial charge in [0.15, 0.2) is 5.69 Å². The molecule has 3 N–H and O–H groups in total. The van der Waals surface area contributed by atoms with E-state index in [-0.39, 0.29) is 11.4 Å². The molecule has 10 heteroatoms. The number of rotatable bonds is 5. The summed E-state index contributed by atoms with van der Waals surface area (Å²) in [5, 5.41) is 8.40. The van der Waals surface area contributed by atoms with Crippen LogP contribution in [-0.2, 0) is 15.8 Å². The summed E-state index contributed by atoms with van der Waals surface area (Å²) in [4.78, 5) is 25.8. The van der Waals surface area contributed by atoms with E-state index in [0.717, 1.165) is 10.2 Å². The molecule has 2 aromatic heterocycles. The molecule has 0 radical (unpaired) electrons. The molecule has 146 valence electrons. The summed E-state index contributed by atoms with van der Waals surface area (Å²) >= 11 is 1.43. The highest BCUT2D eigenvalue weighted by molar-refractivity contribution is 7.88. The van der Waals surface area contributed by atoms with Gasteiger partial charge < -0.3 is 5.32 Å². The highest BCUT2D eigenvalue weighted by Crippen LogP contribution is 2.30. The van der Waals surface area contributed by atoms with Crippen LogP contribution in [0.5, 0.6) is 0 Å². The molecule has 0 saturated heterocycles. The fourth-order valence-corrected chi connectivity index (χ4v) is 4.36. The van der Waals surface area contributed by atoms with Crippen molar-refractivity contribution < 1.29 is 13.2 Å². The summed E-state index contributed by atoms with van der Waals surface area (Å²) in [6.07, 6.45) is 2.96. The van der Waals surface area contributed by atoms with Gasteiger partial charge in [-0.25, -0.2) is 28.5 Å². The number of hydrogen-bond acceptors (Lipinski definition) is 7. The van der Waals surface area contributed by atoms with Crippen LogP contribution in [0.3, 0.4) is 0 Å². The lowest BCUT2D eigenvalue weighted by atomic mass is 10.2. The molecule has 0 fully saturated rings. The summed E-state index contributed by atoms with van der Waals surface area (Å²) in [7, 11) is -3.61. The fourth-order valence-electron chi connectivity index (χ4n) is 2.74. The van der Waals surface area contributed by atoms with Gasteiger partial charge in [-0.3, -0.25) is 4.79 Å². The highest BCUT2D eigenvalue weighted by atomic mass is 32.2. The van der Waals surface area contributed by atoms with Crippen LogP contribution in [0.25, 0.3) is 20.9 Å². The Morgan fingerprint density at radius 3 is 2.48 bits per heavy atom. The highest BCUT2D eigenvalue weighted by Gasteiger charge is 2.19. The molecular formula is C19H15N5O3S2. The minimum absolute atomic E-state index is 0.153. The second-order valence-electron chi connectivity index (χ2n) is 6.20. The molecule has 4 aromatic rings. The number of nitrogens with two attached hydrogens (primary N) is 1.